The van der Waals surface area contributed by atoms with Crippen LogP contribution in [0.25, 0.3) is 11.1 Å². The molecule has 174 valence electrons. The maximum atomic E-state index is 6.45. The van der Waals surface area contributed by atoms with Crippen molar-refractivity contribution in [1.29, 1.82) is 0 Å². The number of anilines is 2. The van der Waals surface area contributed by atoms with Crippen molar-refractivity contribution < 1.29 is 4.74 Å². The highest BCUT2D eigenvalue weighted by Gasteiger charge is 2.44. The molecule has 2 saturated heterocycles. The van der Waals surface area contributed by atoms with Gasteiger partial charge in [-0.05, 0) is 85.3 Å². The van der Waals surface area contributed by atoms with E-state index in [4.69, 9.17) is 4.74 Å². The Balaban J connectivity index is 1.22. The highest BCUT2D eigenvalue weighted by atomic mass is 16.5. The third kappa shape index (κ3) is 3.67. The van der Waals surface area contributed by atoms with Gasteiger partial charge in [-0.2, -0.15) is 0 Å². The molecule has 3 aliphatic rings. The topological polar surface area (TPSA) is 41.5 Å². The quantitative estimate of drug-likeness (QED) is 0.344. The van der Waals surface area contributed by atoms with Crippen molar-refractivity contribution in [3.8, 4) is 22.6 Å². The number of nitrogens with zero attached hydrogens (tertiary/aromatic N) is 4. The third-order valence-electron chi connectivity index (χ3n) is 7.87. The standard InChI is InChI=1S/C30H28N4O/c1-2-7-29-27(6-1)34(28-11-8-22(17-30(28)35-29)21-12-15-31-16-13-21)26-18-24-9-10-25(19-26)33(24)20-23-5-3-4-14-32-23/h1-8,11-17,24-26H,9-10,18-20H2. The zero-order chi connectivity index (χ0) is 23.2. The zero-order valence-electron chi connectivity index (χ0n) is 19.6. The second-order valence-corrected chi connectivity index (χ2v) is 9.86. The highest BCUT2D eigenvalue weighted by molar-refractivity contribution is 5.81. The Morgan fingerprint density at radius 3 is 2.29 bits per heavy atom. The van der Waals surface area contributed by atoms with Gasteiger partial charge in [0.1, 0.15) is 0 Å². The molecule has 2 unspecified atom stereocenters. The molecule has 2 fully saturated rings. The number of piperidine rings is 1. The predicted molar refractivity (Wildman–Crippen MR) is 138 cm³/mol. The van der Waals surface area contributed by atoms with Crippen LogP contribution < -0.4 is 9.64 Å². The van der Waals surface area contributed by atoms with Gasteiger partial charge in [0.2, 0.25) is 0 Å². The first-order valence-electron chi connectivity index (χ1n) is 12.6. The van der Waals surface area contributed by atoms with Crippen molar-refractivity contribution in [2.45, 2.75) is 50.4 Å². The smallest absolute Gasteiger partial charge is 0.151 e. The first-order chi connectivity index (χ1) is 17.3. The van der Waals surface area contributed by atoms with Gasteiger partial charge >= 0.3 is 0 Å². The SMILES string of the molecule is c1ccc(CN2C3CCC2CC(N2c4ccccc4Oc4cc(-c5ccncc5)ccc42)C3)nc1. The van der Waals surface area contributed by atoms with E-state index in [1.807, 2.05) is 36.8 Å². The van der Waals surface area contributed by atoms with Crippen LogP contribution in [0, 0.1) is 0 Å². The van der Waals surface area contributed by atoms with E-state index in [1.54, 1.807) is 0 Å². The minimum Gasteiger partial charge on any atom is -0.453 e. The molecule has 2 atom stereocenters. The van der Waals surface area contributed by atoms with Crippen LogP contribution >= 0.6 is 0 Å². The molecule has 3 aliphatic heterocycles. The Hall–Kier alpha value is -3.70. The summed E-state index contributed by atoms with van der Waals surface area (Å²) in [6.07, 6.45) is 10.4. The molecule has 0 amide bonds. The van der Waals surface area contributed by atoms with Crippen LogP contribution in [0.2, 0.25) is 0 Å². The summed E-state index contributed by atoms with van der Waals surface area (Å²) >= 11 is 0. The van der Waals surface area contributed by atoms with E-state index in [-0.39, 0.29) is 0 Å². The number of para-hydroxylation sites is 2. The molecular formula is C30H28N4O. The van der Waals surface area contributed by atoms with Crippen molar-refractivity contribution in [1.82, 2.24) is 14.9 Å². The summed E-state index contributed by atoms with van der Waals surface area (Å²) in [6, 6.07) is 27.1. The van der Waals surface area contributed by atoms with Crippen molar-refractivity contribution in [3.63, 3.8) is 0 Å². The molecule has 0 spiro atoms. The molecule has 0 radical (unpaired) electrons. The molecule has 35 heavy (non-hydrogen) atoms. The monoisotopic (exact) mass is 460 g/mol. The Labute approximate surface area is 206 Å². The first-order valence-corrected chi connectivity index (χ1v) is 12.6. The number of rotatable bonds is 4. The zero-order valence-corrected chi connectivity index (χ0v) is 19.6. The molecule has 2 aromatic heterocycles. The minimum absolute atomic E-state index is 0.447. The summed E-state index contributed by atoms with van der Waals surface area (Å²) < 4.78 is 6.45. The van der Waals surface area contributed by atoms with Gasteiger partial charge in [0.15, 0.2) is 11.5 Å². The number of benzene rings is 2. The van der Waals surface area contributed by atoms with E-state index >= 15 is 0 Å². The molecular weight excluding hydrogens is 432 g/mol. The molecule has 5 nitrogen and oxygen atoms in total. The summed E-state index contributed by atoms with van der Waals surface area (Å²) in [6.45, 7) is 0.953. The third-order valence-corrected chi connectivity index (χ3v) is 7.87. The lowest BCUT2D eigenvalue weighted by Gasteiger charge is -2.46. The minimum atomic E-state index is 0.447. The summed E-state index contributed by atoms with van der Waals surface area (Å²) in [4.78, 5) is 14.0. The number of hydrogen-bond donors (Lipinski definition) is 0. The van der Waals surface area contributed by atoms with Crippen LogP contribution in [0.3, 0.4) is 0 Å². The summed E-state index contributed by atoms with van der Waals surface area (Å²) in [5.74, 6) is 1.87. The molecule has 5 heteroatoms. The Kier molecular flexibility index (Phi) is 5.02. The van der Waals surface area contributed by atoms with E-state index in [9.17, 15) is 0 Å². The molecule has 2 bridgehead atoms. The van der Waals surface area contributed by atoms with Crippen molar-refractivity contribution in [2.75, 3.05) is 4.90 Å². The van der Waals surface area contributed by atoms with Gasteiger partial charge in [0, 0.05) is 43.3 Å². The lowest BCUT2D eigenvalue weighted by molar-refractivity contribution is 0.118. The fraction of sp³-hybridized carbons (Fsp3) is 0.267. The predicted octanol–water partition coefficient (Wildman–Crippen LogP) is 6.58. The molecule has 0 saturated carbocycles. The van der Waals surface area contributed by atoms with Gasteiger partial charge < -0.3 is 9.64 Å². The normalized spacial score (nSPS) is 22.9. The van der Waals surface area contributed by atoms with E-state index < -0.39 is 0 Å². The molecule has 5 heterocycles. The number of ether oxygens (including phenoxy) is 1. The van der Waals surface area contributed by atoms with Gasteiger partial charge in [0.05, 0.1) is 17.1 Å². The molecule has 0 N–H and O–H groups in total. The lowest BCUT2D eigenvalue weighted by Crippen LogP contribution is -2.49. The van der Waals surface area contributed by atoms with Crippen LogP contribution in [-0.2, 0) is 6.54 Å². The summed E-state index contributed by atoms with van der Waals surface area (Å²) in [5.41, 5.74) is 5.82. The van der Waals surface area contributed by atoms with Gasteiger partial charge in [0.25, 0.3) is 0 Å². The van der Waals surface area contributed by atoms with E-state index in [0.29, 0.717) is 18.1 Å². The maximum Gasteiger partial charge on any atom is 0.151 e. The summed E-state index contributed by atoms with van der Waals surface area (Å²) in [7, 11) is 0. The van der Waals surface area contributed by atoms with Crippen molar-refractivity contribution in [2.24, 2.45) is 0 Å². The second kappa shape index (κ2) is 8.51. The van der Waals surface area contributed by atoms with Gasteiger partial charge in [-0.15, -0.1) is 0 Å². The van der Waals surface area contributed by atoms with Gasteiger partial charge in [-0.25, -0.2) is 0 Å². The highest BCUT2D eigenvalue weighted by Crippen LogP contribution is 2.51. The Morgan fingerprint density at radius 2 is 1.49 bits per heavy atom. The van der Waals surface area contributed by atoms with E-state index in [0.717, 1.165) is 42.0 Å². The Bertz CT molecular complexity index is 1330. The average Bonchev–Trinajstić information content (AvgIpc) is 3.14. The number of aromatic nitrogens is 2. The van der Waals surface area contributed by atoms with Crippen LogP contribution in [0.15, 0.2) is 91.4 Å². The van der Waals surface area contributed by atoms with E-state index in [1.165, 1.54) is 29.9 Å². The first kappa shape index (κ1) is 20.7. The van der Waals surface area contributed by atoms with Gasteiger partial charge in [-0.3, -0.25) is 14.9 Å². The fourth-order valence-electron chi connectivity index (χ4n) is 6.30. The Morgan fingerprint density at radius 1 is 0.714 bits per heavy atom. The number of fused-ring (bicyclic) bond motifs is 4. The maximum absolute atomic E-state index is 6.45. The van der Waals surface area contributed by atoms with Crippen molar-refractivity contribution >= 4 is 11.4 Å². The van der Waals surface area contributed by atoms with Crippen LogP contribution in [0.5, 0.6) is 11.5 Å². The molecule has 0 aliphatic carbocycles. The molecule has 7 rings (SSSR count). The second-order valence-electron chi connectivity index (χ2n) is 9.86. The number of hydrogen-bond acceptors (Lipinski definition) is 5. The van der Waals surface area contributed by atoms with E-state index in [2.05, 4.69) is 74.4 Å². The van der Waals surface area contributed by atoms with Crippen molar-refractivity contribution in [3.05, 3.63) is 97.1 Å². The largest absolute Gasteiger partial charge is 0.453 e. The number of pyridine rings is 2. The molecule has 2 aromatic carbocycles. The van der Waals surface area contributed by atoms with Gasteiger partial charge in [-0.1, -0.05) is 24.3 Å². The molecule has 4 aromatic rings. The lowest BCUT2D eigenvalue weighted by atomic mass is 9.93. The summed E-state index contributed by atoms with van der Waals surface area (Å²) in [5, 5.41) is 0. The fourth-order valence-corrected chi connectivity index (χ4v) is 6.30. The van der Waals surface area contributed by atoms with Crippen LogP contribution in [-0.4, -0.2) is 33.0 Å². The van der Waals surface area contributed by atoms with Crippen LogP contribution in [0.4, 0.5) is 11.4 Å². The average molecular weight is 461 g/mol. The van der Waals surface area contributed by atoms with Crippen LogP contribution in [0.1, 0.15) is 31.4 Å².